The van der Waals surface area contributed by atoms with Gasteiger partial charge in [0.15, 0.2) is 0 Å². The summed E-state index contributed by atoms with van der Waals surface area (Å²) in [6.07, 6.45) is 3.71. The van der Waals surface area contributed by atoms with Crippen LogP contribution in [-0.4, -0.2) is 38.4 Å². The number of sulfonamides is 1. The SMILES string of the molecule is C[C@H]1CCCCN1C(=O)c1ccc(Cl)c(S(=O)(=O)N2CCc3ccccc32)c1. The highest BCUT2D eigenvalue weighted by molar-refractivity contribution is 7.93. The highest BCUT2D eigenvalue weighted by Gasteiger charge is 2.33. The van der Waals surface area contributed by atoms with E-state index in [1.807, 2.05) is 30.0 Å². The third kappa shape index (κ3) is 3.29. The molecule has 0 N–H and O–H groups in total. The van der Waals surface area contributed by atoms with Crippen molar-refractivity contribution in [1.82, 2.24) is 4.90 Å². The Morgan fingerprint density at radius 1 is 1.11 bits per heavy atom. The summed E-state index contributed by atoms with van der Waals surface area (Å²) >= 11 is 6.27. The molecule has 2 aromatic rings. The van der Waals surface area contributed by atoms with Crippen LogP contribution in [0.3, 0.4) is 0 Å². The first-order valence-corrected chi connectivity index (χ1v) is 11.4. The molecule has 0 spiro atoms. The van der Waals surface area contributed by atoms with Crippen LogP contribution in [-0.2, 0) is 16.4 Å². The van der Waals surface area contributed by atoms with E-state index in [9.17, 15) is 13.2 Å². The quantitative estimate of drug-likeness (QED) is 0.753. The Morgan fingerprint density at radius 2 is 1.89 bits per heavy atom. The number of hydrogen-bond donors (Lipinski definition) is 0. The summed E-state index contributed by atoms with van der Waals surface area (Å²) in [5.74, 6) is -0.137. The van der Waals surface area contributed by atoms with Gasteiger partial charge in [0.25, 0.3) is 15.9 Å². The molecule has 1 amide bonds. The van der Waals surface area contributed by atoms with Crippen LogP contribution in [0, 0.1) is 0 Å². The summed E-state index contributed by atoms with van der Waals surface area (Å²) in [5, 5.41) is 0.132. The number of fused-ring (bicyclic) bond motifs is 1. The van der Waals surface area contributed by atoms with Crippen molar-refractivity contribution < 1.29 is 13.2 Å². The van der Waals surface area contributed by atoms with Crippen LogP contribution in [0.2, 0.25) is 5.02 Å². The number of nitrogens with zero attached hydrogens (tertiary/aromatic N) is 2. The fourth-order valence-corrected chi connectivity index (χ4v) is 6.08. The molecule has 2 aliphatic heterocycles. The maximum atomic E-state index is 13.4. The Hall–Kier alpha value is -2.05. The molecule has 1 fully saturated rings. The lowest BCUT2D eigenvalue weighted by Gasteiger charge is -2.33. The number of carbonyl (C=O) groups excluding carboxylic acids is 1. The maximum Gasteiger partial charge on any atom is 0.265 e. The van der Waals surface area contributed by atoms with E-state index in [1.54, 1.807) is 12.1 Å². The van der Waals surface area contributed by atoms with Crippen molar-refractivity contribution in [2.45, 2.75) is 43.5 Å². The van der Waals surface area contributed by atoms with Gasteiger partial charge in [-0.15, -0.1) is 0 Å². The van der Waals surface area contributed by atoms with Crippen molar-refractivity contribution >= 4 is 33.2 Å². The number of hydrogen-bond acceptors (Lipinski definition) is 3. The minimum atomic E-state index is -3.85. The lowest BCUT2D eigenvalue weighted by atomic mass is 10.0. The van der Waals surface area contributed by atoms with Crippen LogP contribution in [0.25, 0.3) is 0 Å². The standard InChI is InChI=1S/C21H23ClN2O3S/c1-15-6-4-5-12-23(15)21(25)17-9-10-18(22)20(14-17)28(26,27)24-13-11-16-7-2-3-8-19(16)24/h2-3,7-10,14-15H,4-6,11-13H2,1H3/t15-/m0/s1. The molecule has 28 heavy (non-hydrogen) atoms. The van der Waals surface area contributed by atoms with Gasteiger partial charge in [-0.05, 0) is 62.4 Å². The molecular weight excluding hydrogens is 396 g/mol. The molecule has 148 valence electrons. The zero-order chi connectivity index (χ0) is 19.9. The summed E-state index contributed by atoms with van der Waals surface area (Å²) < 4.78 is 28.1. The number of rotatable bonds is 3. The minimum Gasteiger partial charge on any atom is -0.336 e. The van der Waals surface area contributed by atoms with Crippen molar-refractivity contribution in [2.75, 3.05) is 17.4 Å². The molecule has 4 rings (SSSR count). The van der Waals surface area contributed by atoms with Crippen molar-refractivity contribution in [1.29, 1.82) is 0 Å². The van der Waals surface area contributed by atoms with Crippen LogP contribution in [0.15, 0.2) is 47.4 Å². The molecule has 0 radical (unpaired) electrons. The first-order valence-electron chi connectivity index (χ1n) is 9.61. The van der Waals surface area contributed by atoms with Gasteiger partial charge in [-0.1, -0.05) is 29.8 Å². The van der Waals surface area contributed by atoms with E-state index in [1.165, 1.54) is 16.4 Å². The molecular formula is C21H23ClN2O3S. The Labute approximate surface area is 171 Å². The Morgan fingerprint density at radius 3 is 2.68 bits per heavy atom. The van der Waals surface area contributed by atoms with Gasteiger partial charge in [-0.3, -0.25) is 9.10 Å². The highest BCUT2D eigenvalue weighted by atomic mass is 35.5. The predicted molar refractivity (Wildman–Crippen MR) is 110 cm³/mol. The average Bonchev–Trinajstić information content (AvgIpc) is 3.13. The fourth-order valence-electron chi connectivity index (χ4n) is 4.08. The van der Waals surface area contributed by atoms with Gasteiger partial charge in [0.2, 0.25) is 0 Å². The molecule has 0 bridgehead atoms. The summed E-state index contributed by atoms with van der Waals surface area (Å²) in [6.45, 7) is 3.11. The second-order valence-electron chi connectivity index (χ2n) is 7.44. The topological polar surface area (TPSA) is 57.7 Å². The number of carbonyl (C=O) groups is 1. The Balaban J connectivity index is 1.70. The second-order valence-corrected chi connectivity index (χ2v) is 9.68. The first-order chi connectivity index (χ1) is 13.4. The summed E-state index contributed by atoms with van der Waals surface area (Å²) in [7, 11) is -3.85. The van der Waals surface area contributed by atoms with E-state index in [-0.39, 0.29) is 21.9 Å². The van der Waals surface area contributed by atoms with E-state index >= 15 is 0 Å². The molecule has 7 heteroatoms. The molecule has 1 atom stereocenters. The lowest BCUT2D eigenvalue weighted by Crippen LogP contribution is -2.42. The van der Waals surface area contributed by atoms with Gasteiger partial charge < -0.3 is 4.90 Å². The van der Waals surface area contributed by atoms with E-state index < -0.39 is 10.0 Å². The van der Waals surface area contributed by atoms with Crippen molar-refractivity contribution in [3.63, 3.8) is 0 Å². The predicted octanol–water partition coefficient (Wildman–Crippen LogP) is 4.11. The zero-order valence-corrected chi connectivity index (χ0v) is 17.3. The minimum absolute atomic E-state index is 0.0126. The molecule has 0 unspecified atom stereocenters. The van der Waals surface area contributed by atoms with Crippen molar-refractivity contribution in [2.24, 2.45) is 0 Å². The van der Waals surface area contributed by atoms with Gasteiger partial charge in [0, 0.05) is 24.7 Å². The smallest absolute Gasteiger partial charge is 0.265 e. The molecule has 2 heterocycles. The maximum absolute atomic E-state index is 13.4. The number of benzene rings is 2. The average molecular weight is 419 g/mol. The monoisotopic (exact) mass is 418 g/mol. The molecule has 0 aliphatic carbocycles. The Kier molecular flexibility index (Phi) is 5.10. The normalized spacial score (nSPS) is 19.6. The van der Waals surface area contributed by atoms with Gasteiger partial charge >= 0.3 is 0 Å². The van der Waals surface area contributed by atoms with Gasteiger partial charge in [0.05, 0.1) is 10.7 Å². The molecule has 5 nitrogen and oxygen atoms in total. The number of anilines is 1. The number of piperidine rings is 1. The van der Waals surface area contributed by atoms with Gasteiger partial charge in [0.1, 0.15) is 4.90 Å². The van der Waals surface area contributed by atoms with E-state index in [2.05, 4.69) is 0 Å². The van der Waals surface area contributed by atoms with E-state index in [4.69, 9.17) is 11.6 Å². The van der Waals surface area contributed by atoms with E-state index in [0.717, 1.165) is 24.8 Å². The fraction of sp³-hybridized carbons (Fsp3) is 0.381. The Bertz CT molecular complexity index is 1020. The van der Waals surface area contributed by atoms with Crippen molar-refractivity contribution in [3.05, 3.63) is 58.6 Å². The van der Waals surface area contributed by atoms with Crippen LogP contribution < -0.4 is 4.31 Å². The number of para-hydroxylation sites is 1. The summed E-state index contributed by atoms with van der Waals surface area (Å²) in [6, 6.07) is 12.2. The molecule has 1 saturated heterocycles. The van der Waals surface area contributed by atoms with Gasteiger partial charge in [-0.25, -0.2) is 8.42 Å². The highest BCUT2D eigenvalue weighted by Crippen LogP contribution is 2.35. The van der Waals surface area contributed by atoms with Crippen LogP contribution in [0.1, 0.15) is 42.1 Å². The summed E-state index contributed by atoms with van der Waals surface area (Å²) in [5.41, 5.74) is 2.04. The largest absolute Gasteiger partial charge is 0.336 e. The van der Waals surface area contributed by atoms with E-state index in [0.29, 0.717) is 30.8 Å². The summed E-state index contributed by atoms with van der Waals surface area (Å²) in [4.78, 5) is 14.8. The van der Waals surface area contributed by atoms with Gasteiger partial charge in [-0.2, -0.15) is 0 Å². The first kappa shape index (κ1) is 19.3. The lowest BCUT2D eigenvalue weighted by molar-refractivity contribution is 0.0635. The third-order valence-electron chi connectivity index (χ3n) is 5.65. The second kappa shape index (κ2) is 7.41. The molecule has 0 aromatic heterocycles. The number of likely N-dealkylation sites (tertiary alicyclic amines) is 1. The van der Waals surface area contributed by atoms with Crippen molar-refractivity contribution in [3.8, 4) is 0 Å². The third-order valence-corrected chi connectivity index (χ3v) is 7.95. The van der Waals surface area contributed by atoms with Crippen LogP contribution >= 0.6 is 11.6 Å². The molecule has 2 aromatic carbocycles. The molecule has 2 aliphatic rings. The molecule has 0 saturated carbocycles. The van der Waals surface area contributed by atoms with Crippen LogP contribution in [0.5, 0.6) is 0 Å². The zero-order valence-electron chi connectivity index (χ0n) is 15.8. The van der Waals surface area contributed by atoms with Crippen LogP contribution in [0.4, 0.5) is 5.69 Å². The number of halogens is 1. The number of amides is 1.